The molecule has 0 saturated heterocycles. The zero-order chi connectivity index (χ0) is 16.8. The van der Waals surface area contributed by atoms with E-state index < -0.39 is 0 Å². The molecule has 2 rings (SSSR count). The van der Waals surface area contributed by atoms with Gasteiger partial charge in [-0.1, -0.05) is 29.8 Å². The Morgan fingerprint density at radius 3 is 2.65 bits per heavy atom. The highest BCUT2D eigenvalue weighted by Crippen LogP contribution is 2.25. The molecule has 6 heteroatoms. The molecule has 0 heterocycles. The molecule has 23 heavy (non-hydrogen) atoms. The zero-order valence-electron chi connectivity index (χ0n) is 12.8. The van der Waals surface area contributed by atoms with E-state index in [1.54, 1.807) is 38.5 Å². The summed E-state index contributed by atoms with van der Waals surface area (Å²) >= 11 is 9.55. The van der Waals surface area contributed by atoms with E-state index in [-0.39, 0.29) is 12.0 Å². The number of benzene rings is 2. The van der Waals surface area contributed by atoms with Crippen LogP contribution in [0.2, 0.25) is 5.02 Å². The van der Waals surface area contributed by atoms with Crippen molar-refractivity contribution in [2.24, 2.45) is 0 Å². The second kappa shape index (κ2) is 8.34. The molecule has 0 unspecified atom stereocenters. The minimum atomic E-state index is -0.322. The van der Waals surface area contributed by atoms with Gasteiger partial charge in [-0.2, -0.15) is 0 Å². The Morgan fingerprint density at radius 1 is 1.26 bits per heavy atom. The first kappa shape index (κ1) is 17.8. The normalized spacial score (nSPS) is 11.8. The zero-order valence-corrected chi connectivity index (χ0v) is 15.1. The first-order valence-electron chi connectivity index (χ1n) is 6.95. The molecule has 0 aliphatic rings. The van der Waals surface area contributed by atoms with Gasteiger partial charge in [-0.15, -0.1) is 0 Å². The monoisotopic (exact) mass is 397 g/mol. The van der Waals surface area contributed by atoms with Crippen LogP contribution in [-0.2, 0) is 4.74 Å². The fraction of sp³-hybridized carbons (Fsp3) is 0.235. The number of hydrogen-bond donors (Lipinski definition) is 1. The van der Waals surface area contributed by atoms with E-state index >= 15 is 0 Å². The van der Waals surface area contributed by atoms with Gasteiger partial charge >= 0.3 is 0 Å². The Balaban J connectivity index is 2.10. The van der Waals surface area contributed by atoms with Gasteiger partial charge in [-0.05, 0) is 40.2 Å². The number of carbonyl (C=O) groups excluding carboxylic acids is 1. The molecule has 0 bridgehead atoms. The average Bonchev–Trinajstić information content (AvgIpc) is 2.57. The number of carbonyl (C=O) groups is 1. The van der Waals surface area contributed by atoms with E-state index in [2.05, 4.69) is 21.2 Å². The van der Waals surface area contributed by atoms with Gasteiger partial charge in [0, 0.05) is 28.7 Å². The fourth-order valence-corrected chi connectivity index (χ4v) is 2.83. The van der Waals surface area contributed by atoms with Gasteiger partial charge in [0.05, 0.1) is 12.7 Å². The number of halogens is 2. The molecule has 2 aromatic carbocycles. The number of hydrogen-bond acceptors (Lipinski definition) is 3. The highest BCUT2D eigenvalue weighted by Gasteiger charge is 2.17. The maximum absolute atomic E-state index is 12.4. The lowest BCUT2D eigenvalue weighted by Gasteiger charge is -2.18. The number of amides is 1. The van der Waals surface area contributed by atoms with Gasteiger partial charge in [0.15, 0.2) is 0 Å². The highest BCUT2D eigenvalue weighted by molar-refractivity contribution is 9.10. The smallest absolute Gasteiger partial charge is 0.252 e. The van der Waals surface area contributed by atoms with Crippen LogP contribution in [0.1, 0.15) is 22.0 Å². The Hall–Kier alpha value is -1.56. The summed E-state index contributed by atoms with van der Waals surface area (Å²) in [5, 5.41) is 3.47. The van der Waals surface area contributed by atoms with E-state index in [1.165, 1.54) is 0 Å². The maximum atomic E-state index is 12.4. The van der Waals surface area contributed by atoms with Crippen molar-refractivity contribution in [2.45, 2.75) is 6.10 Å². The molecule has 0 aromatic heterocycles. The van der Waals surface area contributed by atoms with Gasteiger partial charge in [0.25, 0.3) is 5.91 Å². The van der Waals surface area contributed by atoms with Crippen molar-refractivity contribution in [2.75, 3.05) is 20.8 Å². The van der Waals surface area contributed by atoms with Crippen LogP contribution in [0.5, 0.6) is 5.75 Å². The molecule has 4 nitrogen and oxygen atoms in total. The Morgan fingerprint density at radius 2 is 2.00 bits per heavy atom. The van der Waals surface area contributed by atoms with Crippen LogP contribution >= 0.6 is 27.5 Å². The van der Waals surface area contributed by atoms with E-state index in [0.717, 1.165) is 5.56 Å². The topological polar surface area (TPSA) is 47.6 Å². The Labute approximate surface area is 148 Å². The third-order valence-electron chi connectivity index (χ3n) is 3.40. The fourth-order valence-electron chi connectivity index (χ4n) is 2.14. The maximum Gasteiger partial charge on any atom is 0.252 e. The summed E-state index contributed by atoms with van der Waals surface area (Å²) in [4.78, 5) is 12.4. The lowest BCUT2D eigenvalue weighted by atomic mass is 10.1. The molecule has 0 aliphatic carbocycles. The summed E-state index contributed by atoms with van der Waals surface area (Å²) in [6, 6.07) is 12.6. The SMILES string of the molecule is COc1ccc(Br)c(C(=O)NC[C@@H](OC)c2ccccc2Cl)c1. The molecule has 1 amide bonds. The second-order valence-corrected chi connectivity index (χ2v) is 6.06. The lowest BCUT2D eigenvalue weighted by molar-refractivity contribution is 0.0827. The average molecular weight is 399 g/mol. The summed E-state index contributed by atoms with van der Waals surface area (Å²) in [6.07, 6.45) is -0.322. The first-order chi connectivity index (χ1) is 11.1. The summed E-state index contributed by atoms with van der Waals surface area (Å²) in [7, 11) is 3.14. The second-order valence-electron chi connectivity index (χ2n) is 4.80. The van der Waals surface area contributed by atoms with Crippen molar-refractivity contribution >= 4 is 33.4 Å². The van der Waals surface area contributed by atoms with Crippen molar-refractivity contribution in [3.8, 4) is 5.75 Å². The first-order valence-corrected chi connectivity index (χ1v) is 8.13. The lowest BCUT2D eigenvalue weighted by Crippen LogP contribution is -2.29. The molecular formula is C17H17BrClNO3. The predicted octanol–water partition coefficient (Wildman–Crippen LogP) is 4.23. The quantitative estimate of drug-likeness (QED) is 0.792. The minimum Gasteiger partial charge on any atom is -0.497 e. The van der Waals surface area contributed by atoms with Gasteiger partial charge in [0.2, 0.25) is 0 Å². The summed E-state index contributed by atoms with van der Waals surface area (Å²) in [5.41, 5.74) is 1.33. The summed E-state index contributed by atoms with van der Waals surface area (Å²) in [6.45, 7) is 0.308. The van der Waals surface area contributed by atoms with Gasteiger partial charge in [-0.25, -0.2) is 0 Å². The van der Waals surface area contributed by atoms with Crippen molar-refractivity contribution < 1.29 is 14.3 Å². The third kappa shape index (κ3) is 4.47. The Bertz CT molecular complexity index is 693. The van der Waals surface area contributed by atoms with Crippen molar-refractivity contribution in [3.63, 3.8) is 0 Å². The van der Waals surface area contributed by atoms with Gasteiger partial charge in [0.1, 0.15) is 11.9 Å². The van der Waals surface area contributed by atoms with E-state index in [9.17, 15) is 4.79 Å². The van der Waals surface area contributed by atoms with E-state index in [0.29, 0.717) is 27.4 Å². The van der Waals surface area contributed by atoms with Crippen molar-refractivity contribution in [1.82, 2.24) is 5.32 Å². The minimum absolute atomic E-state index is 0.218. The van der Waals surface area contributed by atoms with Crippen LogP contribution in [0.15, 0.2) is 46.9 Å². The molecule has 0 fully saturated rings. The van der Waals surface area contributed by atoms with Gasteiger partial charge < -0.3 is 14.8 Å². The van der Waals surface area contributed by atoms with Crippen LogP contribution in [0.3, 0.4) is 0 Å². The Kier molecular flexibility index (Phi) is 6.45. The molecule has 0 spiro atoms. The highest BCUT2D eigenvalue weighted by atomic mass is 79.9. The van der Waals surface area contributed by atoms with Crippen LogP contribution in [0.4, 0.5) is 0 Å². The van der Waals surface area contributed by atoms with E-state index in [1.807, 2.05) is 18.2 Å². The molecule has 0 saturated carbocycles. The van der Waals surface area contributed by atoms with Crippen molar-refractivity contribution in [1.29, 1.82) is 0 Å². The third-order valence-corrected chi connectivity index (χ3v) is 4.44. The summed E-state index contributed by atoms with van der Waals surface area (Å²) in [5.74, 6) is 0.401. The number of rotatable bonds is 6. The largest absolute Gasteiger partial charge is 0.497 e. The molecule has 1 N–H and O–H groups in total. The van der Waals surface area contributed by atoms with E-state index in [4.69, 9.17) is 21.1 Å². The number of nitrogens with one attached hydrogen (secondary N) is 1. The molecule has 122 valence electrons. The standard InChI is InChI=1S/C17H17BrClNO3/c1-22-11-7-8-14(18)13(9-11)17(21)20-10-16(23-2)12-5-3-4-6-15(12)19/h3-9,16H,10H2,1-2H3,(H,20,21)/t16-/m1/s1. The summed E-state index contributed by atoms with van der Waals surface area (Å²) < 4.78 is 11.3. The van der Waals surface area contributed by atoms with Crippen molar-refractivity contribution in [3.05, 3.63) is 63.1 Å². The molecule has 0 radical (unpaired) electrons. The van der Waals surface area contributed by atoms with Crippen LogP contribution in [-0.4, -0.2) is 26.7 Å². The van der Waals surface area contributed by atoms with Crippen LogP contribution < -0.4 is 10.1 Å². The molecule has 0 aliphatic heterocycles. The predicted molar refractivity (Wildman–Crippen MR) is 94.2 cm³/mol. The molecule has 1 atom stereocenters. The molecule has 2 aromatic rings. The van der Waals surface area contributed by atoms with Crippen LogP contribution in [0, 0.1) is 0 Å². The number of ether oxygens (including phenoxy) is 2. The van der Waals surface area contributed by atoms with Crippen LogP contribution in [0.25, 0.3) is 0 Å². The molecular weight excluding hydrogens is 382 g/mol. The van der Waals surface area contributed by atoms with Gasteiger partial charge in [-0.3, -0.25) is 4.79 Å². The number of methoxy groups -OCH3 is 2.